The van der Waals surface area contributed by atoms with E-state index in [1.807, 2.05) is 4.90 Å². The molecule has 0 spiro atoms. The van der Waals surface area contributed by atoms with Crippen molar-refractivity contribution in [1.82, 2.24) is 19.8 Å². The van der Waals surface area contributed by atoms with Crippen LogP contribution in [0.25, 0.3) is 0 Å². The number of amides is 1. The maximum atomic E-state index is 12.8. The van der Waals surface area contributed by atoms with Gasteiger partial charge in [-0.1, -0.05) is 6.92 Å². The Balaban J connectivity index is 1.62. The summed E-state index contributed by atoms with van der Waals surface area (Å²) < 4.78 is 25.7. The van der Waals surface area contributed by atoms with Gasteiger partial charge in [0.1, 0.15) is 0 Å². The number of hydrogen-bond acceptors (Lipinski definition) is 7. The van der Waals surface area contributed by atoms with E-state index in [2.05, 4.69) is 16.8 Å². The molecule has 4 rings (SSSR count). The number of likely N-dealkylation sites (tertiary alicyclic amines) is 1. The minimum Gasteiger partial charge on any atom is -0.348 e. The normalized spacial score (nSPS) is 29.2. The van der Waals surface area contributed by atoms with Crippen LogP contribution < -0.4 is 4.90 Å². The molecule has 3 atom stereocenters. The molecule has 3 aliphatic heterocycles. The SMILES string of the molecule is CC1CCCN(c2ncc3c(n2)[C@H]2CN(CC(=O)N(C)C)C[C@H]2S(=O)(=O)C3)C1. The molecular weight excluding hydrogens is 378 g/mol. The lowest BCUT2D eigenvalue weighted by molar-refractivity contribution is -0.129. The van der Waals surface area contributed by atoms with Crippen LogP contribution in [-0.4, -0.2) is 86.2 Å². The van der Waals surface area contributed by atoms with Gasteiger partial charge in [-0.3, -0.25) is 9.69 Å². The van der Waals surface area contributed by atoms with Crippen molar-refractivity contribution in [2.75, 3.05) is 51.7 Å². The third-order valence-corrected chi connectivity index (χ3v) is 8.31. The van der Waals surface area contributed by atoms with Crippen molar-refractivity contribution in [3.63, 3.8) is 0 Å². The summed E-state index contributed by atoms with van der Waals surface area (Å²) in [5.74, 6) is 1.12. The molecule has 1 aromatic heterocycles. The number of piperidine rings is 1. The van der Waals surface area contributed by atoms with Gasteiger partial charge in [-0.2, -0.15) is 0 Å². The number of carbonyl (C=O) groups excluding carboxylic acids is 1. The highest BCUT2D eigenvalue weighted by atomic mass is 32.2. The Morgan fingerprint density at radius 1 is 1.29 bits per heavy atom. The standard InChI is InChI=1S/C19H29N5O3S/c1-13-5-4-6-24(8-13)19-20-7-14-12-28(26,27)16-10-23(11-17(25)22(2)3)9-15(16)18(14)21-19/h7,13,15-16H,4-6,8-12H2,1-3H3/t13?,15-,16+/m0/s1. The first-order valence-corrected chi connectivity index (χ1v) is 11.7. The van der Waals surface area contributed by atoms with Gasteiger partial charge in [0.05, 0.1) is 23.2 Å². The lowest BCUT2D eigenvalue weighted by atomic mass is 9.99. The third-order valence-electron chi connectivity index (χ3n) is 6.19. The molecule has 0 radical (unpaired) electrons. The van der Waals surface area contributed by atoms with E-state index in [0.717, 1.165) is 30.8 Å². The van der Waals surface area contributed by atoms with Crippen molar-refractivity contribution in [1.29, 1.82) is 0 Å². The van der Waals surface area contributed by atoms with E-state index in [1.54, 1.807) is 25.2 Å². The maximum absolute atomic E-state index is 12.8. The number of likely N-dealkylation sites (N-methyl/N-ethyl adjacent to an activating group) is 1. The summed E-state index contributed by atoms with van der Waals surface area (Å²) in [6, 6.07) is 0. The van der Waals surface area contributed by atoms with Crippen LogP contribution in [0.5, 0.6) is 0 Å². The van der Waals surface area contributed by atoms with Crippen molar-refractivity contribution in [2.24, 2.45) is 5.92 Å². The molecule has 0 saturated carbocycles. The van der Waals surface area contributed by atoms with Crippen molar-refractivity contribution >= 4 is 21.7 Å². The highest BCUT2D eigenvalue weighted by Crippen LogP contribution is 2.39. The zero-order valence-corrected chi connectivity index (χ0v) is 17.7. The molecular formula is C19H29N5O3S. The molecule has 8 nitrogen and oxygen atoms in total. The lowest BCUT2D eigenvalue weighted by Gasteiger charge is -2.32. The Bertz CT molecular complexity index is 872. The fraction of sp³-hybridized carbons (Fsp3) is 0.737. The zero-order valence-electron chi connectivity index (χ0n) is 16.8. The fourth-order valence-corrected chi connectivity index (χ4v) is 6.65. The number of carbonyl (C=O) groups is 1. The summed E-state index contributed by atoms with van der Waals surface area (Å²) >= 11 is 0. The summed E-state index contributed by atoms with van der Waals surface area (Å²) in [6.07, 6.45) is 4.06. The number of nitrogens with zero attached hydrogens (tertiary/aromatic N) is 5. The van der Waals surface area contributed by atoms with E-state index in [-0.39, 0.29) is 24.1 Å². The molecule has 4 heterocycles. The van der Waals surface area contributed by atoms with Crippen LogP contribution in [0, 0.1) is 5.92 Å². The summed E-state index contributed by atoms with van der Waals surface area (Å²) in [5, 5.41) is -0.488. The molecule has 0 N–H and O–H groups in total. The van der Waals surface area contributed by atoms with Gasteiger partial charge < -0.3 is 9.80 Å². The average molecular weight is 408 g/mol. The molecule has 9 heteroatoms. The number of rotatable bonds is 3. The monoisotopic (exact) mass is 407 g/mol. The van der Waals surface area contributed by atoms with E-state index in [9.17, 15) is 13.2 Å². The van der Waals surface area contributed by atoms with E-state index in [1.165, 1.54) is 6.42 Å². The van der Waals surface area contributed by atoms with Gasteiger partial charge in [0.2, 0.25) is 11.9 Å². The first kappa shape index (κ1) is 19.6. The summed E-state index contributed by atoms with van der Waals surface area (Å²) in [4.78, 5) is 27.2. The van der Waals surface area contributed by atoms with Crippen molar-refractivity contribution < 1.29 is 13.2 Å². The van der Waals surface area contributed by atoms with Gasteiger partial charge in [-0.05, 0) is 18.8 Å². The van der Waals surface area contributed by atoms with Crippen molar-refractivity contribution in [3.8, 4) is 0 Å². The molecule has 2 fully saturated rings. The molecule has 0 aromatic carbocycles. The number of aromatic nitrogens is 2. The van der Waals surface area contributed by atoms with Crippen molar-refractivity contribution in [3.05, 3.63) is 17.5 Å². The van der Waals surface area contributed by atoms with E-state index in [0.29, 0.717) is 25.0 Å². The minimum atomic E-state index is -3.27. The molecule has 0 bridgehead atoms. The molecule has 1 aromatic rings. The fourth-order valence-electron chi connectivity index (χ4n) is 4.63. The number of anilines is 1. The predicted molar refractivity (Wildman–Crippen MR) is 107 cm³/mol. The highest BCUT2D eigenvalue weighted by Gasteiger charge is 2.47. The maximum Gasteiger partial charge on any atom is 0.236 e. The predicted octanol–water partition coefficient (Wildman–Crippen LogP) is 0.497. The topological polar surface area (TPSA) is 86.7 Å². The smallest absolute Gasteiger partial charge is 0.236 e. The van der Waals surface area contributed by atoms with E-state index in [4.69, 9.17) is 4.98 Å². The third kappa shape index (κ3) is 3.61. The van der Waals surface area contributed by atoms with E-state index < -0.39 is 15.1 Å². The van der Waals surface area contributed by atoms with Gasteiger partial charge in [-0.15, -0.1) is 0 Å². The molecule has 3 aliphatic rings. The van der Waals surface area contributed by atoms with Crippen LogP contribution in [0.1, 0.15) is 36.9 Å². The Morgan fingerprint density at radius 3 is 2.79 bits per heavy atom. The summed E-state index contributed by atoms with van der Waals surface area (Å²) in [6.45, 7) is 5.30. The van der Waals surface area contributed by atoms with Gasteiger partial charge in [0.25, 0.3) is 0 Å². The summed E-state index contributed by atoms with van der Waals surface area (Å²) in [7, 11) is 0.168. The van der Waals surface area contributed by atoms with Crippen LogP contribution in [0.4, 0.5) is 5.95 Å². The number of sulfone groups is 1. The quantitative estimate of drug-likeness (QED) is 0.721. The summed E-state index contributed by atoms with van der Waals surface area (Å²) in [5.41, 5.74) is 1.58. The first-order valence-electron chi connectivity index (χ1n) is 9.99. The Morgan fingerprint density at radius 2 is 2.07 bits per heavy atom. The number of hydrogen-bond donors (Lipinski definition) is 0. The molecule has 154 valence electrons. The van der Waals surface area contributed by atoms with Gasteiger partial charge in [-0.25, -0.2) is 18.4 Å². The molecule has 0 aliphatic carbocycles. The van der Waals surface area contributed by atoms with E-state index >= 15 is 0 Å². The molecule has 2 saturated heterocycles. The second-order valence-corrected chi connectivity index (χ2v) is 10.9. The Hall–Kier alpha value is -1.74. The van der Waals surface area contributed by atoms with Gasteiger partial charge >= 0.3 is 0 Å². The van der Waals surface area contributed by atoms with Crippen LogP contribution in [0.15, 0.2) is 6.20 Å². The first-order chi connectivity index (χ1) is 13.2. The van der Waals surface area contributed by atoms with Crippen LogP contribution >= 0.6 is 0 Å². The highest BCUT2D eigenvalue weighted by molar-refractivity contribution is 7.91. The lowest BCUT2D eigenvalue weighted by Crippen LogP contribution is -2.38. The Labute approximate surface area is 166 Å². The second-order valence-electron chi connectivity index (χ2n) is 8.71. The average Bonchev–Trinajstić information content (AvgIpc) is 3.06. The minimum absolute atomic E-state index is 0.00432. The number of fused-ring (bicyclic) bond motifs is 3. The second kappa shape index (κ2) is 7.26. The van der Waals surface area contributed by atoms with Crippen LogP contribution in [0.2, 0.25) is 0 Å². The molecule has 1 unspecified atom stereocenters. The largest absolute Gasteiger partial charge is 0.348 e. The van der Waals surface area contributed by atoms with Crippen molar-refractivity contribution in [2.45, 2.75) is 36.7 Å². The van der Waals surface area contributed by atoms with Crippen LogP contribution in [0.3, 0.4) is 0 Å². The Kier molecular flexibility index (Phi) is 5.07. The zero-order chi connectivity index (χ0) is 20.1. The van der Waals surface area contributed by atoms with Gasteiger partial charge in [0, 0.05) is 58.0 Å². The molecule has 1 amide bonds. The van der Waals surface area contributed by atoms with Gasteiger partial charge in [0.15, 0.2) is 9.84 Å². The molecule has 28 heavy (non-hydrogen) atoms. The van der Waals surface area contributed by atoms with Crippen LogP contribution in [-0.2, 0) is 20.4 Å².